The van der Waals surface area contributed by atoms with Crippen molar-refractivity contribution in [1.82, 2.24) is 0 Å². The first-order valence-electron chi connectivity index (χ1n) is 13.8. The van der Waals surface area contributed by atoms with Gasteiger partial charge in [-0.2, -0.15) is 0 Å². The number of benzene rings is 3. The highest BCUT2D eigenvalue weighted by molar-refractivity contribution is 9.10. The van der Waals surface area contributed by atoms with Gasteiger partial charge >= 0.3 is 5.97 Å². The van der Waals surface area contributed by atoms with Crippen molar-refractivity contribution in [3.8, 4) is 34.1 Å². The van der Waals surface area contributed by atoms with Gasteiger partial charge in [0.25, 0.3) is 5.79 Å². The number of aryl methyl sites for hydroxylation is 1. The normalized spacial score (nSPS) is 17.4. The van der Waals surface area contributed by atoms with Crippen LogP contribution in [0.5, 0.6) is 23.0 Å². The molecule has 5 rings (SSSR count). The summed E-state index contributed by atoms with van der Waals surface area (Å²) in [4.78, 5) is 27.8. The molecule has 0 saturated carbocycles. The highest BCUT2D eigenvalue weighted by Gasteiger charge is 2.53. The van der Waals surface area contributed by atoms with Gasteiger partial charge in [0.05, 0.1) is 45.6 Å². The number of fused-ring (bicyclic) bond motifs is 5. The molecule has 0 fully saturated rings. The number of ether oxygens (including phenoxy) is 9. The van der Waals surface area contributed by atoms with Crippen molar-refractivity contribution in [1.29, 1.82) is 0 Å². The third-order valence-electron chi connectivity index (χ3n) is 8.60. The van der Waals surface area contributed by atoms with E-state index in [0.717, 1.165) is 0 Å². The van der Waals surface area contributed by atoms with Crippen LogP contribution in [0.3, 0.4) is 0 Å². The summed E-state index contributed by atoms with van der Waals surface area (Å²) in [5.41, 5.74) is 4.59. The van der Waals surface area contributed by atoms with Gasteiger partial charge in [0.2, 0.25) is 5.78 Å². The number of carbonyl (C=O) groups is 2. The van der Waals surface area contributed by atoms with Crippen LogP contribution in [-0.4, -0.2) is 75.7 Å². The van der Waals surface area contributed by atoms with Crippen LogP contribution in [0.1, 0.15) is 66.3 Å². The van der Waals surface area contributed by atoms with E-state index in [2.05, 4.69) is 15.9 Å². The maximum atomic E-state index is 14.7. The predicted molar refractivity (Wildman–Crippen MR) is 166 cm³/mol. The molecular formula is C33H35BrO11. The first-order chi connectivity index (χ1) is 21.6. The molecule has 2 atom stereocenters. The van der Waals surface area contributed by atoms with E-state index in [-0.39, 0.29) is 22.6 Å². The van der Waals surface area contributed by atoms with Crippen LogP contribution in [-0.2, 0) is 29.5 Å². The van der Waals surface area contributed by atoms with Crippen molar-refractivity contribution in [2.75, 3.05) is 64.0 Å². The molecule has 0 spiro atoms. The molecule has 12 heteroatoms. The molecule has 0 saturated heterocycles. The third-order valence-corrected chi connectivity index (χ3v) is 9.42. The molecule has 3 aromatic rings. The highest BCUT2D eigenvalue weighted by Crippen LogP contribution is 2.59. The molecule has 0 bridgehead atoms. The molecule has 0 heterocycles. The van der Waals surface area contributed by atoms with Crippen LogP contribution in [0.4, 0.5) is 0 Å². The number of ketones is 1. The topological polar surface area (TPSA) is 117 Å². The molecule has 0 radical (unpaired) electrons. The van der Waals surface area contributed by atoms with Crippen molar-refractivity contribution in [3.05, 3.63) is 67.2 Å². The van der Waals surface area contributed by atoms with E-state index < -0.39 is 29.7 Å². The van der Waals surface area contributed by atoms with Crippen molar-refractivity contribution >= 4 is 27.7 Å². The first kappa shape index (κ1) is 32.7. The standard InChI is InChI=1S/C33H35BrO11/c1-14-11-17-21(28(40-5)20(14)32(36)43-8)15-12-16-22(29(41-6)23(15)31(35)33(17,44-9)45-10)30(42-7)24-18(37-2)13-19(38-3)26(34)25(24)27(16)39-4/h11-13,27,30H,1-10H3. The van der Waals surface area contributed by atoms with Gasteiger partial charge in [-0.05, 0) is 46.1 Å². The second-order valence-electron chi connectivity index (χ2n) is 10.4. The Labute approximate surface area is 269 Å². The second kappa shape index (κ2) is 12.3. The Kier molecular flexibility index (Phi) is 8.91. The summed E-state index contributed by atoms with van der Waals surface area (Å²) in [7, 11) is 13.2. The number of esters is 1. The van der Waals surface area contributed by atoms with Crippen LogP contribution >= 0.6 is 15.9 Å². The zero-order valence-corrected chi connectivity index (χ0v) is 28.3. The lowest BCUT2D eigenvalue weighted by atomic mass is 9.72. The Bertz CT molecular complexity index is 1710. The Morgan fingerprint density at radius 3 is 1.87 bits per heavy atom. The van der Waals surface area contributed by atoms with E-state index >= 15 is 0 Å². The molecule has 0 aromatic heterocycles. The lowest BCUT2D eigenvalue weighted by molar-refractivity contribution is -0.176. The number of rotatable bonds is 9. The van der Waals surface area contributed by atoms with Gasteiger partial charge in [0.1, 0.15) is 40.8 Å². The summed E-state index contributed by atoms with van der Waals surface area (Å²) in [6.45, 7) is 1.72. The van der Waals surface area contributed by atoms with Gasteiger partial charge in [-0.25, -0.2) is 4.79 Å². The van der Waals surface area contributed by atoms with Crippen LogP contribution in [0.25, 0.3) is 11.1 Å². The minimum atomic E-state index is -1.90. The molecule has 0 amide bonds. The zero-order valence-electron chi connectivity index (χ0n) is 26.8. The van der Waals surface area contributed by atoms with Crippen LogP contribution < -0.4 is 18.9 Å². The number of hydrogen-bond donors (Lipinski definition) is 0. The number of hydrogen-bond acceptors (Lipinski definition) is 11. The largest absolute Gasteiger partial charge is 0.496 e. The van der Waals surface area contributed by atoms with Gasteiger partial charge in [0.15, 0.2) is 0 Å². The monoisotopic (exact) mass is 686 g/mol. The Hall–Kier alpha value is -3.68. The summed E-state index contributed by atoms with van der Waals surface area (Å²) < 4.78 is 53.3. The van der Waals surface area contributed by atoms with Gasteiger partial charge in [-0.3, -0.25) is 4.79 Å². The number of Topliss-reactive ketones (excluding diaryl/α,β-unsaturated/α-hetero) is 1. The molecule has 0 aliphatic heterocycles. The Morgan fingerprint density at radius 2 is 1.36 bits per heavy atom. The van der Waals surface area contributed by atoms with E-state index in [1.54, 1.807) is 47.5 Å². The van der Waals surface area contributed by atoms with E-state index in [0.29, 0.717) is 60.5 Å². The van der Waals surface area contributed by atoms with Crippen molar-refractivity contribution < 1.29 is 52.2 Å². The minimum Gasteiger partial charge on any atom is -0.496 e. The van der Waals surface area contributed by atoms with Gasteiger partial charge in [0, 0.05) is 67.9 Å². The smallest absolute Gasteiger partial charge is 0.341 e. The molecule has 2 aliphatic rings. The molecular weight excluding hydrogens is 652 g/mol. The van der Waals surface area contributed by atoms with Crippen molar-refractivity contribution in [3.63, 3.8) is 0 Å². The highest BCUT2D eigenvalue weighted by atomic mass is 79.9. The molecule has 2 aliphatic carbocycles. The quantitative estimate of drug-likeness (QED) is 0.205. The fraction of sp³-hybridized carbons (Fsp3) is 0.394. The van der Waals surface area contributed by atoms with E-state index in [1.807, 2.05) is 6.07 Å². The average Bonchev–Trinajstić information content (AvgIpc) is 3.06. The average molecular weight is 688 g/mol. The van der Waals surface area contributed by atoms with Crippen LogP contribution in [0.2, 0.25) is 0 Å². The summed E-state index contributed by atoms with van der Waals surface area (Å²) in [6.07, 6.45) is -1.47. The molecule has 3 aromatic carbocycles. The fourth-order valence-corrected chi connectivity index (χ4v) is 7.43. The lowest BCUT2D eigenvalue weighted by Gasteiger charge is -2.41. The Balaban J connectivity index is 2.02. The lowest BCUT2D eigenvalue weighted by Crippen LogP contribution is -2.43. The molecule has 240 valence electrons. The zero-order chi connectivity index (χ0) is 33.0. The maximum absolute atomic E-state index is 14.7. The second-order valence-corrected chi connectivity index (χ2v) is 11.2. The summed E-state index contributed by atoms with van der Waals surface area (Å²) in [5, 5.41) is 0. The van der Waals surface area contributed by atoms with Gasteiger partial charge < -0.3 is 42.6 Å². The summed E-state index contributed by atoms with van der Waals surface area (Å²) in [5.74, 6) is -1.61. The summed E-state index contributed by atoms with van der Waals surface area (Å²) in [6, 6.07) is 5.26. The Morgan fingerprint density at radius 1 is 0.733 bits per heavy atom. The first-order valence-corrected chi connectivity index (χ1v) is 14.6. The van der Waals surface area contributed by atoms with Crippen molar-refractivity contribution in [2.45, 2.75) is 24.9 Å². The molecule has 11 nitrogen and oxygen atoms in total. The van der Waals surface area contributed by atoms with E-state index in [4.69, 9.17) is 42.6 Å². The SMILES string of the molecule is COC(=O)c1c(C)cc2c(c1OC)-c1cc3c(c(OC)c1C(=O)C2(OC)OC)C(OC)c1c(OC)cc(OC)c(Br)c1C3OC. The maximum Gasteiger partial charge on any atom is 0.341 e. The predicted octanol–water partition coefficient (Wildman–Crippen LogP) is 5.67. The van der Waals surface area contributed by atoms with Crippen LogP contribution in [0, 0.1) is 6.92 Å². The van der Waals surface area contributed by atoms with E-state index in [1.165, 1.54) is 35.5 Å². The van der Waals surface area contributed by atoms with Crippen LogP contribution in [0.15, 0.2) is 22.7 Å². The number of carbonyl (C=O) groups excluding carboxylic acids is 2. The van der Waals surface area contributed by atoms with Crippen molar-refractivity contribution in [2.24, 2.45) is 0 Å². The van der Waals surface area contributed by atoms with Gasteiger partial charge in [-0.15, -0.1) is 0 Å². The summed E-state index contributed by atoms with van der Waals surface area (Å²) >= 11 is 3.72. The minimum absolute atomic E-state index is 0.150. The van der Waals surface area contributed by atoms with E-state index in [9.17, 15) is 9.59 Å². The number of halogens is 1. The molecule has 2 unspecified atom stereocenters. The number of methoxy groups -OCH3 is 9. The molecule has 45 heavy (non-hydrogen) atoms. The van der Waals surface area contributed by atoms with Gasteiger partial charge in [-0.1, -0.05) is 0 Å². The fourth-order valence-electron chi connectivity index (χ4n) is 6.73. The molecule has 0 N–H and O–H groups in total. The third kappa shape index (κ3) is 4.38.